The van der Waals surface area contributed by atoms with Gasteiger partial charge >= 0.3 is 5.69 Å². The van der Waals surface area contributed by atoms with Crippen LogP contribution >= 0.6 is 0 Å². The monoisotopic (exact) mass is 318 g/mol. The van der Waals surface area contributed by atoms with Crippen LogP contribution in [0.4, 0.5) is 0 Å². The van der Waals surface area contributed by atoms with Crippen LogP contribution in [0.25, 0.3) is 11.0 Å². The number of aryl methyl sites for hydroxylation is 1. The van der Waals surface area contributed by atoms with Crippen molar-refractivity contribution >= 4 is 11.0 Å². The Bertz CT molecular complexity index is 1030. The molecule has 2 aromatic heterocycles. The molecule has 0 saturated carbocycles. The van der Waals surface area contributed by atoms with Crippen molar-refractivity contribution in [1.82, 2.24) is 18.7 Å². The molecule has 0 fully saturated rings. The quantitative estimate of drug-likeness (QED) is 0.581. The van der Waals surface area contributed by atoms with E-state index in [1.807, 2.05) is 58.8 Å². The molecule has 2 heterocycles. The molecule has 4 aromatic rings. The Balaban J connectivity index is 1.79. The second-order valence-electron chi connectivity index (χ2n) is 5.97. The molecule has 24 heavy (non-hydrogen) atoms. The van der Waals surface area contributed by atoms with E-state index >= 15 is 0 Å². The number of fused-ring (bicyclic) bond motifs is 1. The molecule has 120 valence electrons. The van der Waals surface area contributed by atoms with Crippen LogP contribution in [0.2, 0.25) is 0 Å². The van der Waals surface area contributed by atoms with E-state index in [-0.39, 0.29) is 5.69 Å². The van der Waals surface area contributed by atoms with Crippen LogP contribution in [0.1, 0.15) is 11.1 Å². The first kappa shape index (κ1) is 14.5. The van der Waals surface area contributed by atoms with E-state index < -0.39 is 0 Å². The lowest BCUT2D eigenvalue weighted by Crippen LogP contribution is -2.22. The number of aromatic nitrogens is 4. The highest BCUT2D eigenvalue weighted by molar-refractivity contribution is 5.77. The van der Waals surface area contributed by atoms with Gasteiger partial charge in [-0.25, -0.2) is 9.78 Å². The Hall–Kier alpha value is -3.08. The first-order valence-corrected chi connectivity index (χ1v) is 7.90. The predicted octanol–water partition coefficient (Wildman–Crippen LogP) is 2.63. The molecule has 0 saturated heterocycles. The Kier molecular flexibility index (Phi) is 3.54. The second-order valence-corrected chi connectivity index (χ2v) is 5.97. The molecule has 2 aromatic carbocycles. The molecule has 0 bridgehead atoms. The van der Waals surface area contributed by atoms with Gasteiger partial charge in [0.2, 0.25) is 0 Å². The van der Waals surface area contributed by atoms with E-state index in [0.717, 1.165) is 28.7 Å². The maximum Gasteiger partial charge on any atom is 0.329 e. The summed E-state index contributed by atoms with van der Waals surface area (Å²) in [4.78, 5) is 16.7. The normalized spacial score (nSPS) is 11.2. The zero-order valence-corrected chi connectivity index (χ0v) is 13.5. The molecule has 0 aliphatic heterocycles. The minimum atomic E-state index is 0.00799. The Morgan fingerprint density at radius 1 is 0.958 bits per heavy atom. The van der Waals surface area contributed by atoms with E-state index in [9.17, 15) is 4.79 Å². The lowest BCUT2D eigenvalue weighted by atomic mass is 10.2. The fraction of sp³-hybridized carbons (Fsp3) is 0.158. The number of hydrogen-bond acceptors (Lipinski definition) is 2. The largest absolute Gasteiger partial charge is 0.333 e. The molecule has 5 nitrogen and oxygen atoms in total. The molecule has 0 aliphatic carbocycles. The topological polar surface area (TPSA) is 44.8 Å². The lowest BCUT2D eigenvalue weighted by molar-refractivity contribution is 0.735. The molecular weight excluding hydrogens is 300 g/mol. The predicted molar refractivity (Wildman–Crippen MR) is 94.1 cm³/mol. The highest BCUT2D eigenvalue weighted by Gasteiger charge is 2.11. The van der Waals surface area contributed by atoms with E-state index in [1.165, 1.54) is 0 Å². The molecule has 0 aliphatic rings. The van der Waals surface area contributed by atoms with Gasteiger partial charge < -0.3 is 4.57 Å². The SMILES string of the molecule is Cn1c(=O)n(Cc2ccccc2)c2cc(Cn3ccnc3)ccc21. The van der Waals surface area contributed by atoms with Crippen molar-refractivity contribution in [2.24, 2.45) is 7.05 Å². The fourth-order valence-corrected chi connectivity index (χ4v) is 3.06. The van der Waals surface area contributed by atoms with Gasteiger partial charge in [0.1, 0.15) is 0 Å². The van der Waals surface area contributed by atoms with Crippen LogP contribution in [0, 0.1) is 0 Å². The highest BCUT2D eigenvalue weighted by Crippen LogP contribution is 2.17. The smallest absolute Gasteiger partial charge is 0.329 e. The van der Waals surface area contributed by atoms with Crippen molar-refractivity contribution in [3.63, 3.8) is 0 Å². The standard InChI is InChI=1S/C19H18N4O/c1-21-17-8-7-16(12-22-10-9-20-14-22)11-18(17)23(19(21)24)13-15-5-3-2-4-6-15/h2-11,14H,12-13H2,1H3. The Morgan fingerprint density at radius 3 is 2.54 bits per heavy atom. The lowest BCUT2D eigenvalue weighted by Gasteiger charge is -2.06. The van der Waals surface area contributed by atoms with E-state index in [0.29, 0.717) is 6.54 Å². The van der Waals surface area contributed by atoms with Crippen LogP contribution in [0.15, 0.2) is 72.0 Å². The summed E-state index contributed by atoms with van der Waals surface area (Å²) in [5, 5.41) is 0. The van der Waals surface area contributed by atoms with Crippen LogP contribution in [-0.4, -0.2) is 18.7 Å². The third kappa shape index (κ3) is 2.54. The van der Waals surface area contributed by atoms with Crippen molar-refractivity contribution in [2.75, 3.05) is 0 Å². The van der Waals surface area contributed by atoms with Crippen molar-refractivity contribution in [3.8, 4) is 0 Å². The highest BCUT2D eigenvalue weighted by atomic mass is 16.1. The zero-order valence-electron chi connectivity index (χ0n) is 13.5. The van der Waals surface area contributed by atoms with E-state index in [2.05, 4.69) is 17.1 Å². The molecule has 0 N–H and O–H groups in total. The number of hydrogen-bond donors (Lipinski definition) is 0. The number of imidazole rings is 2. The van der Waals surface area contributed by atoms with Gasteiger partial charge in [-0.2, -0.15) is 0 Å². The molecule has 5 heteroatoms. The third-order valence-electron chi connectivity index (χ3n) is 4.32. The van der Waals surface area contributed by atoms with E-state index in [4.69, 9.17) is 0 Å². The summed E-state index contributed by atoms with van der Waals surface area (Å²) in [5.41, 5.74) is 4.18. The maximum atomic E-state index is 12.6. The van der Waals surface area contributed by atoms with Crippen molar-refractivity contribution in [2.45, 2.75) is 13.1 Å². The van der Waals surface area contributed by atoms with E-state index in [1.54, 1.807) is 17.1 Å². The van der Waals surface area contributed by atoms with Gasteiger partial charge in [0.25, 0.3) is 0 Å². The molecule has 0 spiro atoms. The summed E-state index contributed by atoms with van der Waals surface area (Å²) in [6, 6.07) is 16.2. The van der Waals surface area contributed by atoms with Crippen molar-refractivity contribution < 1.29 is 0 Å². The van der Waals surface area contributed by atoms with Crippen LogP contribution in [-0.2, 0) is 20.1 Å². The molecule has 0 atom stereocenters. The van der Waals surface area contributed by atoms with Gasteiger partial charge in [0.15, 0.2) is 0 Å². The van der Waals surface area contributed by atoms with Crippen molar-refractivity contribution in [1.29, 1.82) is 0 Å². The summed E-state index contributed by atoms with van der Waals surface area (Å²) >= 11 is 0. The first-order chi connectivity index (χ1) is 11.7. The molecule has 0 unspecified atom stereocenters. The molecule has 4 rings (SSSR count). The average molecular weight is 318 g/mol. The Labute approximate surface area is 139 Å². The van der Waals surface area contributed by atoms with Gasteiger partial charge in [0, 0.05) is 26.0 Å². The van der Waals surface area contributed by atoms with Gasteiger partial charge in [-0.1, -0.05) is 36.4 Å². The average Bonchev–Trinajstić information content (AvgIpc) is 3.19. The molecule has 0 amide bonds. The minimum absolute atomic E-state index is 0.00799. The number of nitrogens with zero attached hydrogens (tertiary/aromatic N) is 4. The summed E-state index contributed by atoms with van der Waals surface area (Å²) in [6.45, 7) is 1.32. The third-order valence-corrected chi connectivity index (χ3v) is 4.32. The minimum Gasteiger partial charge on any atom is -0.333 e. The van der Waals surface area contributed by atoms with Crippen LogP contribution in [0.5, 0.6) is 0 Å². The number of benzene rings is 2. The summed E-state index contributed by atoms with van der Waals surface area (Å²) in [7, 11) is 1.82. The summed E-state index contributed by atoms with van der Waals surface area (Å²) in [5.74, 6) is 0. The fourth-order valence-electron chi connectivity index (χ4n) is 3.06. The second kappa shape index (κ2) is 5.85. The number of rotatable bonds is 4. The summed E-state index contributed by atoms with van der Waals surface area (Å²) in [6.07, 6.45) is 5.50. The van der Waals surface area contributed by atoms with Crippen LogP contribution < -0.4 is 5.69 Å². The van der Waals surface area contributed by atoms with Crippen molar-refractivity contribution in [3.05, 3.63) is 88.9 Å². The molecular formula is C19H18N4O. The Morgan fingerprint density at radius 2 is 1.79 bits per heavy atom. The maximum absolute atomic E-state index is 12.6. The van der Waals surface area contributed by atoms with Gasteiger partial charge in [-0.05, 0) is 23.3 Å². The van der Waals surface area contributed by atoms with Gasteiger partial charge in [-0.3, -0.25) is 9.13 Å². The first-order valence-electron chi connectivity index (χ1n) is 7.90. The molecule has 0 radical (unpaired) electrons. The van der Waals surface area contributed by atoms with Crippen LogP contribution in [0.3, 0.4) is 0 Å². The zero-order chi connectivity index (χ0) is 16.5. The summed E-state index contributed by atoms with van der Waals surface area (Å²) < 4.78 is 5.56. The van der Waals surface area contributed by atoms with Gasteiger partial charge in [0.05, 0.1) is 23.9 Å². The van der Waals surface area contributed by atoms with Gasteiger partial charge in [-0.15, -0.1) is 0 Å².